The highest BCUT2D eigenvalue weighted by Crippen LogP contribution is 2.26. The quantitative estimate of drug-likeness (QED) is 0.586. The number of nitrogens with two attached hydrogens (primary N) is 3. The molecule has 92 valence electrons. The lowest BCUT2D eigenvalue weighted by molar-refractivity contribution is -0.117. The van der Waals surface area contributed by atoms with Crippen LogP contribution in [0.25, 0.3) is 0 Å². The van der Waals surface area contributed by atoms with Gasteiger partial charge in [0.1, 0.15) is 17.2 Å². The van der Waals surface area contributed by atoms with Gasteiger partial charge in [-0.15, -0.1) is 0 Å². The molecule has 0 aliphatic carbocycles. The predicted molar refractivity (Wildman–Crippen MR) is 62.1 cm³/mol. The average Bonchev–Trinajstić information content (AvgIpc) is 2.19. The first-order valence-corrected chi connectivity index (χ1v) is 4.87. The van der Waals surface area contributed by atoms with E-state index >= 15 is 0 Å². The Morgan fingerprint density at radius 1 is 1.24 bits per heavy atom. The maximum Gasteiger partial charge on any atom is 0.237 e. The van der Waals surface area contributed by atoms with Crippen molar-refractivity contribution in [3.8, 4) is 0 Å². The fourth-order valence-electron chi connectivity index (χ4n) is 1.18. The van der Waals surface area contributed by atoms with E-state index in [9.17, 15) is 9.59 Å². The largest absolute Gasteiger partial charge is 0.382 e. The molecular formula is C8H11ClN6O2. The van der Waals surface area contributed by atoms with E-state index in [-0.39, 0.29) is 29.7 Å². The third kappa shape index (κ3) is 3.45. The minimum Gasteiger partial charge on any atom is -0.382 e. The van der Waals surface area contributed by atoms with Crippen LogP contribution in [0.1, 0.15) is 0 Å². The molecule has 6 N–H and O–H groups in total. The Morgan fingerprint density at radius 3 is 2.24 bits per heavy atom. The maximum absolute atomic E-state index is 10.9. The molecule has 1 aromatic heterocycles. The van der Waals surface area contributed by atoms with Gasteiger partial charge in [-0.25, -0.2) is 9.97 Å². The standard InChI is InChI=1S/C8H11ClN6O2/c9-6-7(12)13-3-14-8(6)15(1-4(10)16)2-5(11)17/h3H,1-2H2,(H2,10,16)(H2,11,17)(H2,12,13,14). The normalized spacial score (nSPS) is 9.94. The number of aromatic nitrogens is 2. The van der Waals surface area contributed by atoms with Gasteiger partial charge in [-0.1, -0.05) is 11.6 Å². The van der Waals surface area contributed by atoms with Gasteiger partial charge in [0.25, 0.3) is 0 Å². The molecule has 1 aromatic rings. The molecule has 1 heterocycles. The zero-order chi connectivity index (χ0) is 13.0. The van der Waals surface area contributed by atoms with Crippen molar-refractivity contribution in [3.63, 3.8) is 0 Å². The van der Waals surface area contributed by atoms with Gasteiger partial charge in [-0.05, 0) is 0 Å². The van der Waals surface area contributed by atoms with Crippen molar-refractivity contribution < 1.29 is 9.59 Å². The monoisotopic (exact) mass is 258 g/mol. The summed E-state index contributed by atoms with van der Waals surface area (Å²) in [7, 11) is 0. The maximum atomic E-state index is 10.9. The summed E-state index contributed by atoms with van der Waals surface area (Å²) in [6.45, 7) is -0.502. The van der Waals surface area contributed by atoms with E-state index in [1.165, 1.54) is 4.90 Å². The van der Waals surface area contributed by atoms with Crippen LogP contribution < -0.4 is 22.1 Å². The number of hydrogen-bond acceptors (Lipinski definition) is 6. The molecular weight excluding hydrogens is 248 g/mol. The highest BCUT2D eigenvalue weighted by atomic mass is 35.5. The Bertz CT molecular complexity index is 436. The fourth-order valence-corrected chi connectivity index (χ4v) is 1.39. The van der Waals surface area contributed by atoms with Gasteiger partial charge >= 0.3 is 0 Å². The lowest BCUT2D eigenvalue weighted by Gasteiger charge is -2.21. The van der Waals surface area contributed by atoms with Crippen LogP contribution in [0.2, 0.25) is 5.02 Å². The Kier molecular flexibility index (Phi) is 4.05. The summed E-state index contributed by atoms with van der Waals surface area (Å²) in [5, 5.41) is 0.0370. The van der Waals surface area contributed by atoms with Gasteiger partial charge < -0.3 is 22.1 Å². The summed E-state index contributed by atoms with van der Waals surface area (Å²) < 4.78 is 0. The van der Waals surface area contributed by atoms with Gasteiger partial charge in [0.05, 0.1) is 13.1 Å². The Balaban J connectivity index is 3.07. The topological polar surface area (TPSA) is 141 Å². The first-order chi connectivity index (χ1) is 7.91. The first-order valence-electron chi connectivity index (χ1n) is 4.49. The molecule has 1 rings (SSSR count). The highest BCUT2D eigenvalue weighted by molar-refractivity contribution is 6.35. The SMILES string of the molecule is NC(=O)CN(CC(N)=O)c1ncnc(N)c1Cl. The second kappa shape index (κ2) is 5.30. The van der Waals surface area contributed by atoms with Gasteiger partial charge in [-0.2, -0.15) is 0 Å². The van der Waals surface area contributed by atoms with Gasteiger partial charge in [-0.3, -0.25) is 9.59 Å². The van der Waals surface area contributed by atoms with Crippen LogP contribution in [-0.2, 0) is 9.59 Å². The van der Waals surface area contributed by atoms with Crippen molar-refractivity contribution in [3.05, 3.63) is 11.3 Å². The summed E-state index contributed by atoms with van der Waals surface area (Å²) in [5.41, 5.74) is 15.6. The van der Waals surface area contributed by atoms with Crippen LogP contribution >= 0.6 is 11.6 Å². The summed E-state index contributed by atoms with van der Waals surface area (Å²) in [6, 6.07) is 0. The third-order valence-corrected chi connectivity index (χ3v) is 2.15. The zero-order valence-corrected chi connectivity index (χ0v) is 9.52. The number of carbonyl (C=O) groups excluding carboxylic acids is 2. The predicted octanol–water partition coefficient (Wildman–Crippen LogP) is -1.51. The Labute approximate surface area is 102 Å². The van der Waals surface area contributed by atoms with E-state index in [1.807, 2.05) is 0 Å². The molecule has 0 radical (unpaired) electrons. The molecule has 0 aliphatic heterocycles. The number of hydrogen-bond donors (Lipinski definition) is 3. The molecule has 0 spiro atoms. The number of nitrogens with zero attached hydrogens (tertiary/aromatic N) is 3. The Morgan fingerprint density at radius 2 is 1.76 bits per heavy atom. The van der Waals surface area contributed by atoms with Crippen LogP contribution in [0.3, 0.4) is 0 Å². The smallest absolute Gasteiger partial charge is 0.237 e. The highest BCUT2D eigenvalue weighted by Gasteiger charge is 2.18. The van der Waals surface area contributed by atoms with E-state index in [0.29, 0.717) is 0 Å². The lowest BCUT2D eigenvalue weighted by Crippen LogP contribution is -2.40. The molecule has 0 bridgehead atoms. The first kappa shape index (κ1) is 13.0. The van der Waals surface area contributed by atoms with Gasteiger partial charge in [0.15, 0.2) is 5.82 Å². The number of amides is 2. The van der Waals surface area contributed by atoms with Crippen molar-refractivity contribution >= 4 is 35.1 Å². The molecule has 17 heavy (non-hydrogen) atoms. The second-order valence-electron chi connectivity index (χ2n) is 3.19. The molecule has 0 saturated heterocycles. The molecule has 9 heteroatoms. The number of halogens is 1. The third-order valence-electron chi connectivity index (χ3n) is 1.79. The fraction of sp³-hybridized carbons (Fsp3) is 0.250. The minimum absolute atomic E-state index is 0.0370. The summed E-state index contributed by atoms with van der Waals surface area (Å²) >= 11 is 5.86. The number of anilines is 2. The number of nitrogen functional groups attached to an aromatic ring is 1. The van der Waals surface area contributed by atoms with E-state index in [4.69, 9.17) is 28.8 Å². The van der Waals surface area contributed by atoms with Crippen molar-refractivity contribution in [1.29, 1.82) is 0 Å². The van der Waals surface area contributed by atoms with Gasteiger partial charge in [0, 0.05) is 0 Å². The lowest BCUT2D eigenvalue weighted by atomic mass is 10.4. The zero-order valence-electron chi connectivity index (χ0n) is 8.76. The molecule has 2 amide bonds. The summed E-state index contributed by atoms with van der Waals surface area (Å²) in [4.78, 5) is 30.5. The minimum atomic E-state index is -0.653. The van der Waals surface area contributed by atoms with Crippen LogP contribution in [0.15, 0.2) is 6.33 Å². The number of carbonyl (C=O) groups is 2. The second-order valence-corrected chi connectivity index (χ2v) is 3.56. The van der Waals surface area contributed by atoms with Crippen molar-refractivity contribution in [2.45, 2.75) is 0 Å². The molecule has 0 aliphatic rings. The van der Waals surface area contributed by atoms with Crippen LogP contribution in [0, 0.1) is 0 Å². The molecule has 0 atom stereocenters. The van der Waals surface area contributed by atoms with E-state index in [1.54, 1.807) is 0 Å². The van der Waals surface area contributed by atoms with Crippen LogP contribution in [0.4, 0.5) is 11.6 Å². The molecule has 8 nitrogen and oxygen atoms in total. The Hall–Kier alpha value is -2.09. The molecule has 0 unspecified atom stereocenters. The van der Waals surface area contributed by atoms with Crippen LogP contribution in [-0.4, -0.2) is 34.9 Å². The van der Waals surface area contributed by atoms with Crippen molar-refractivity contribution in [2.75, 3.05) is 23.7 Å². The summed E-state index contributed by atoms with van der Waals surface area (Å²) in [6.07, 6.45) is 1.16. The number of rotatable bonds is 5. The van der Waals surface area contributed by atoms with Gasteiger partial charge in [0.2, 0.25) is 11.8 Å². The molecule has 0 aromatic carbocycles. The van der Waals surface area contributed by atoms with Crippen molar-refractivity contribution in [1.82, 2.24) is 9.97 Å². The average molecular weight is 259 g/mol. The van der Waals surface area contributed by atoms with E-state index in [2.05, 4.69) is 9.97 Å². The molecule has 0 saturated carbocycles. The molecule has 0 fully saturated rings. The summed E-state index contributed by atoms with van der Waals surface area (Å²) in [5.74, 6) is -1.13. The number of primary amides is 2. The van der Waals surface area contributed by atoms with Crippen LogP contribution in [0.5, 0.6) is 0 Å². The van der Waals surface area contributed by atoms with Crippen molar-refractivity contribution in [2.24, 2.45) is 11.5 Å². The van der Waals surface area contributed by atoms with E-state index in [0.717, 1.165) is 6.33 Å². The van der Waals surface area contributed by atoms with E-state index < -0.39 is 11.8 Å².